The van der Waals surface area contributed by atoms with E-state index in [1.807, 2.05) is 34.6 Å². The molecule has 9 nitrogen and oxygen atoms in total. The molecular formula is C19H37N5O4. The highest BCUT2D eigenvalue weighted by molar-refractivity contribution is 5.80. The maximum atomic E-state index is 12.1. The van der Waals surface area contributed by atoms with Crippen molar-refractivity contribution in [3.8, 4) is 0 Å². The highest BCUT2D eigenvalue weighted by Gasteiger charge is 2.25. The molecule has 9 heteroatoms. The summed E-state index contributed by atoms with van der Waals surface area (Å²) in [6, 6.07) is 0.123. The van der Waals surface area contributed by atoms with Crippen LogP contribution in [0.25, 0.3) is 0 Å². The van der Waals surface area contributed by atoms with E-state index in [4.69, 9.17) is 9.47 Å². The number of nitrogens with one attached hydrogen (secondary N) is 3. The lowest BCUT2D eigenvalue weighted by atomic mass is 10.0. The van der Waals surface area contributed by atoms with Gasteiger partial charge in [0.2, 0.25) is 0 Å². The number of hydrogen-bond donors (Lipinski definition) is 3. The van der Waals surface area contributed by atoms with Crippen molar-refractivity contribution in [1.82, 2.24) is 20.9 Å². The fraction of sp³-hybridized carbons (Fsp3) is 0.842. The molecule has 1 unspecified atom stereocenters. The summed E-state index contributed by atoms with van der Waals surface area (Å²) in [5, 5.41) is 9.58. The number of amides is 2. The van der Waals surface area contributed by atoms with Crippen molar-refractivity contribution in [2.75, 3.05) is 33.8 Å². The Balaban J connectivity index is 2.48. The first-order valence-corrected chi connectivity index (χ1v) is 9.85. The number of rotatable bonds is 5. The Morgan fingerprint density at radius 2 is 1.82 bits per heavy atom. The lowest BCUT2D eigenvalue weighted by Crippen LogP contribution is -2.53. The average Bonchev–Trinajstić information content (AvgIpc) is 2.62. The average molecular weight is 400 g/mol. The molecule has 0 aromatic heterocycles. The van der Waals surface area contributed by atoms with E-state index < -0.39 is 11.7 Å². The summed E-state index contributed by atoms with van der Waals surface area (Å²) in [5.74, 6) is 0.898. The van der Waals surface area contributed by atoms with Gasteiger partial charge in [-0.25, -0.2) is 9.59 Å². The van der Waals surface area contributed by atoms with Gasteiger partial charge in [0.05, 0.1) is 13.2 Å². The van der Waals surface area contributed by atoms with E-state index in [1.165, 1.54) is 7.11 Å². The second kappa shape index (κ2) is 11.0. The minimum Gasteiger partial charge on any atom is -0.453 e. The van der Waals surface area contributed by atoms with Crippen LogP contribution in [0.5, 0.6) is 0 Å². The molecule has 1 rings (SSSR count). The number of piperidine rings is 1. The van der Waals surface area contributed by atoms with Gasteiger partial charge in [0.25, 0.3) is 0 Å². The minimum absolute atomic E-state index is 0.102. The Bertz CT molecular complexity index is 537. The molecule has 162 valence electrons. The van der Waals surface area contributed by atoms with Crippen LogP contribution in [0.4, 0.5) is 9.59 Å². The first-order chi connectivity index (χ1) is 13.1. The second-order valence-electron chi connectivity index (χ2n) is 8.33. The van der Waals surface area contributed by atoms with Gasteiger partial charge >= 0.3 is 12.2 Å². The quantitative estimate of drug-likeness (QED) is 0.482. The number of carbonyl (C=O) groups is 2. The van der Waals surface area contributed by atoms with Crippen LogP contribution < -0.4 is 16.0 Å². The van der Waals surface area contributed by atoms with Crippen LogP contribution in [-0.2, 0) is 9.47 Å². The van der Waals surface area contributed by atoms with Crippen molar-refractivity contribution in [3.63, 3.8) is 0 Å². The van der Waals surface area contributed by atoms with E-state index in [-0.39, 0.29) is 24.1 Å². The summed E-state index contributed by atoms with van der Waals surface area (Å²) in [6.45, 7) is 11.4. The summed E-state index contributed by atoms with van der Waals surface area (Å²) in [7, 11) is 3.11. The number of ether oxygens (including phenoxy) is 2. The zero-order valence-electron chi connectivity index (χ0n) is 18.3. The molecule has 3 N–H and O–H groups in total. The lowest BCUT2D eigenvalue weighted by molar-refractivity contribution is 0.0491. The number of likely N-dealkylation sites (tertiary alicyclic amines) is 1. The highest BCUT2D eigenvalue weighted by Crippen LogP contribution is 2.11. The van der Waals surface area contributed by atoms with Crippen LogP contribution in [0, 0.1) is 5.92 Å². The first kappa shape index (κ1) is 23.8. The van der Waals surface area contributed by atoms with E-state index in [2.05, 4.69) is 20.9 Å². The van der Waals surface area contributed by atoms with Crippen LogP contribution >= 0.6 is 0 Å². The molecule has 2 amide bonds. The van der Waals surface area contributed by atoms with Gasteiger partial charge in [-0.1, -0.05) is 13.8 Å². The van der Waals surface area contributed by atoms with Crippen LogP contribution in [0.1, 0.15) is 47.5 Å². The van der Waals surface area contributed by atoms with Gasteiger partial charge in [0.15, 0.2) is 5.96 Å². The van der Waals surface area contributed by atoms with Crippen molar-refractivity contribution < 1.29 is 19.1 Å². The van der Waals surface area contributed by atoms with E-state index in [0.29, 0.717) is 25.6 Å². The monoisotopic (exact) mass is 399 g/mol. The van der Waals surface area contributed by atoms with E-state index in [1.54, 1.807) is 11.9 Å². The molecule has 0 aromatic rings. The molecule has 1 heterocycles. The Hall–Kier alpha value is -2.19. The van der Waals surface area contributed by atoms with Crippen molar-refractivity contribution in [3.05, 3.63) is 0 Å². The number of hydrogen-bond acceptors (Lipinski definition) is 5. The van der Waals surface area contributed by atoms with Crippen LogP contribution in [0.2, 0.25) is 0 Å². The van der Waals surface area contributed by atoms with Gasteiger partial charge in [-0.05, 0) is 39.5 Å². The number of guanidine groups is 1. The molecule has 0 saturated carbocycles. The van der Waals surface area contributed by atoms with Crippen LogP contribution in [0.3, 0.4) is 0 Å². The third-order valence-electron chi connectivity index (χ3n) is 4.49. The first-order valence-electron chi connectivity index (χ1n) is 9.85. The number of carbonyl (C=O) groups excluding carboxylic acids is 2. The Morgan fingerprint density at radius 3 is 2.29 bits per heavy atom. The third-order valence-corrected chi connectivity index (χ3v) is 4.49. The SMILES string of the molecule is CN=C(NCC(NC(=O)OC(C)(C)C)C(C)C)NC1CCN(C(=O)OC)CC1. The highest BCUT2D eigenvalue weighted by atomic mass is 16.6. The molecule has 1 atom stereocenters. The molecule has 1 aliphatic rings. The van der Waals surface area contributed by atoms with Gasteiger partial charge in [0.1, 0.15) is 5.60 Å². The molecule has 1 aliphatic heterocycles. The fourth-order valence-electron chi connectivity index (χ4n) is 2.84. The van der Waals surface area contributed by atoms with Crippen molar-refractivity contribution in [2.24, 2.45) is 10.9 Å². The minimum atomic E-state index is -0.532. The number of alkyl carbamates (subject to hydrolysis) is 1. The summed E-state index contributed by atoms with van der Waals surface area (Å²) in [6.07, 6.45) is 0.930. The maximum absolute atomic E-state index is 12.1. The zero-order valence-corrected chi connectivity index (χ0v) is 18.3. The second-order valence-corrected chi connectivity index (χ2v) is 8.33. The molecule has 0 aromatic carbocycles. The smallest absolute Gasteiger partial charge is 0.409 e. The van der Waals surface area contributed by atoms with Crippen molar-refractivity contribution >= 4 is 18.1 Å². The number of nitrogens with zero attached hydrogens (tertiary/aromatic N) is 2. The van der Waals surface area contributed by atoms with Crippen LogP contribution in [-0.4, -0.2) is 74.5 Å². The predicted molar refractivity (Wildman–Crippen MR) is 109 cm³/mol. The van der Waals surface area contributed by atoms with Gasteiger partial charge in [-0.3, -0.25) is 4.99 Å². The summed E-state index contributed by atoms with van der Waals surface area (Å²) >= 11 is 0. The topological polar surface area (TPSA) is 104 Å². The fourth-order valence-corrected chi connectivity index (χ4v) is 2.84. The largest absolute Gasteiger partial charge is 0.453 e. The molecule has 0 radical (unpaired) electrons. The van der Waals surface area contributed by atoms with Gasteiger partial charge < -0.3 is 30.3 Å². The molecule has 1 saturated heterocycles. The molecular weight excluding hydrogens is 362 g/mol. The molecule has 28 heavy (non-hydrogen) atoms. The lowest BCUT2D eigenvalue weighted by Gasteiger charge is -2.32. The van der Waals surface area contributed by atoms with Gasteiger partial charge in [-0.15, -0.1) is 0 Å². The maximum Gasteiger partial charge on any atom is 0.409 e. The summed E-state index contributed by atoms with van der Waals surface area (Å²) < 4.78 is 10.1. The molecule has 0 aliphatic carbocycles. The normalized spacial score (nSPS) is 17.1. The Morgan fingerprint density at radius 1 is 1.21 bits per heavy atom. The van der Waals surface area contributed by atoms with E-state index >= 15 is 0 Å². The standard InChI is InChI=1S/C19H37N5O4/c1-13(2)15(23-17(25)28-19(3,4)5)12-21-16(20-6)22-14-8-10-24(11-9-14)18(26)27-7/h13-15H,8-12H2,1-7H3,(H,23,25)(H2,20,21,22). The summed E-state index contributed by atoms with van der Waals surface area (Å²) in [4.78, 5) is 29.6. The number of aliphatic imine (C=N–C) groups is 1. The molecule has 0 bridgehead atoms. The number of methoxy groups -OCH3 is 1. The van der Waals surface area contributed by atoms with Gasteiger partial charge in [-0.2, -0.15) is 0 Å². The zero-order chi connectivity index (χ0) is 21.3. The Kier molecular flexibility index (Phi) is 9.34. The third kappa shape index (κ3) is 8.67. The van der Waals surface area contributed by atoms with Crippen molar-refractivity contribution in [1.29, 1.82) is 0 Å². The molecule has 1 fully saturated rings. The van der Waals surface area contributed by atoms with E-state index in [0.717, 1.165) is 12.8 Å². The van der Waals surface area contributed by atoms with Gasteiger partial charge in [0, 0.05) is 32.7 Å². The van der Waals surface area contributed by atoms with Crippen molar-refractivity contribution in [2.45, 2.75) is 65.1 Å². The molecule has 0 spiro atoms. The predicted octanol–water partition coefficient (Wildman–Crippen LogP) is 1.93. The Labute approximate surface area is 168 Å². The summed E-state index contributed by atoms with van der Waals surface area (Å²) in [5.41, 5.74) is -0.532. The van der Waals surface area contributed by atoms with Crippen LogP contribution in [0.15, 0.2) is 4.99 Å². The van der Waals surface area contributed by atoms with E-state index in [9.17, 15) is 9.59 Å².